The van der Waals surface area contributed by atoms with Crippen LogP contribution in [-0.2, 0) is 6.42 Å². The molecule has 6 nitrogen and oxygen atoms in total. The van der Waals surface area contributed by atoms with Gasteiger partial charge in [0.1, 0.15) is 12.0 Å². The lowest BCUT2D eigenvalue weighted by molar-refractivity contribution is 0.0993. The Kier molecular flexibility index (Phi) is 5.97. The highest BCUT2D eigenvalue weighted by Crippen LogP contribution is 2.31. The van der Waals surface area contributed by atoms with Gasteiger partial charge in [0.05, 0.1) is 0 Å². The molecule has 3 heterocycles. The third-order valence-corrected chi connectivity index (χ3v) is 7.51. The number of rotatable bonds is 5. The van der Waals surface area contributed by atoms with Gasteiger partial charge in [0.2, 0.25) is 0 Å². The number of aromatic nitrogens is 3. The van der Waals surface area contributed by atoms with E-state index in [9.17, 15) is 4.79 Å². The number of carbonyl (C=O) groups is 1. The molecule has 0 amide bonds. The van der Waals surface area contributed by atoms with Crippen molar-refractivity contribution in [3.8, 4) is 11.1 Å². The Bertz CT molecular complexity index is 1630. The van der Waals surface area contributed by atoms with Crippen molar-refractivity contribution < 1.29 is 4.79 Å². The van der Waals surface area contributed by atoms with Crippen molar-refractivity contribution in [2.45, 2.75) is 20.3 Å². The van der Waals surface area contributed by atoms with Crippen molar-refractivity contribution in [3.05, 3.63) is 89.4 Å². The maximum Gasteiger partial charge on any atom is 0.167 e. The molecule has 0 bridgehead atoms. The van der Waals surface area contributed by atoms with Gasteiger partial charge in [-0.1, -0.05) is 30.3 Å². The van der Waals surface area contributed by atoms with Crippen LogP contribution in [0.25, 0.3) is 33.1 Å². The number of aryl methyl sites for hydroxylation is 2. The number of nitrogens with zero attached hydrogens (tertiary/aromatic N) is 4. The average molecular weight is 490 g/mol. The smallest absolute Gasteiger partial charge is 0.167 e. The monoisotopic (exact) mass is 489 g/mol. The first-order valence-corrected chi connectivity index (χ1v) is 12.8. The van der Waals surface area contributed by atoms with E-state index >= 15 is 0 Å². The predicted molar refractivity (Wildman–Crippen MR) is 150 cm³/mol. The molecule has 3 aromatic carbocycles. The SMILES string of the molecule is Cc1cc(C(=O)Cc2ccc(C)c(-c3ccc4c(c3)[nH]c3ncncc34)c2)cc(N2CCN(C)CC2)c1. The lowest BCUT2D eigenvalue weighted by Gasteiger charge is -2.34. The van der Waals surface area contributed by atoms with Crippen LogP contribution in [0.4, 0.5) is 5.69 Å². The van der Waals surface area contributed by atoms with Crippen LogP contribution in [0.5, 0.6) is 0 Å². The number of benzene rings is 3. The summed E-state index contributed by atoms with van der Waals surface area (Å²) in [5.74, 6) is 0.151. The Morgan fingerprint density at radius 1 is 0.946 bits per heavy atom. The van der Waals surface area contributed by atoms with Crippen molar-refractivity contribution in [2.75, 3.05) is 38.1 Å². The van der Waals surface area contributed by atoms with Crippen molar-refractivity contribution in [3.63, 3.8) is 0 Å². The van der Waals surface area contributed by atoms with Crippen LogP contribution in [-0.4, -0.2) is 58.9 Å². The number of hydrogen-bond donors (Lipinski definition) is 1. The maximum atomic E-state index is 13.4. The Labute approximate surface area is 217 Å². The second-order valence-electron chi connectivity index (χ2n) is 10.3. The minimum Gasteiger partial charge on any atom is -0.369 e. The summed E-state index contributed by atoms with van der Waals surface area (Å²) < 4.78 is 0. The van der Waals surface area contributed by atoms with Gasteiger partial charge in [0, 0.05) is 66.3 Å². The minimum absolute atomic E-state index is 0.151. The van der Waals surface area contributed by atoms with E-state index < -0.39 is 0 Å². The zero-order valence-electron chi connectivity index (χ0n) is 21.6. The van der Waals surface area contributed by atoms with Crippen molar-refractivity contribution in [1.82, 2.24) is 19.9 Å². The van der Waals surface area contributed by atoms with Crippen molar-refractivity contribution in [1.29, 1.82) is 0 Å². The molecule has 2 aromatic heterocycles. The highest BCUT2D eigenvalue weighted by atomic mass is 16.1. The molecule has 5 aromatic rings. The van der Waals surface area contributed by atoms with Gasteiger partial charge >= 0.3 is 0 Å². The van der Waals surface area contributed by atoms with Crippen LogP contribution in [0, 0.1) is 13.8 Å². The number of ketones is 1. The second kappa shape index (κ2) is 9.45. The molecule has 1 aliphatic heterocycles. The topological polar surface area (TPSA) is 65.1 Å². The number of nitrogens with one attached hydrogen (secondary N) is 1. The molecule has 37 heavy (non-hydrogen) atoms. The van der Waals surface area contributed by atoms with Gasteiger partial charge < -0.3 is 14.8 Å². The summed E-state index contributed by atoms with van der Waals surface area (Å²) in [5, 5.41) is 2.13. The first-order valence-electron chi connectivity index (χ1n) is 12.8. The van der Waals surface area contributed by atoms with Gasteiger partial charge in [-0.2, -0.15) is 0 Å². The molecular weight excluding hydrogens is 458 g/mol. The van der Waals surface area contributed by atoms with Crippen LogP contribution in [0.3, 0.4) is 0 Å². The molecule has 0 aliphatic carbocycles. The lowest BCUT2D eigenvalue weighted by atomic mass is 9.94. The zero-order chi connectivity index (χ0) is 25.5. The van der Waals surface area contributed by atoms with Crippen LogP contribution in [0.1, 0.15) is 27.0 Å². The molecule has 0 unspecified atom stereocenters. The van der Waals surface area contributed by atoms with Gasteiger partial charge in [-0.15, -0.1) is 0 Å². The van der Waals surface area contributed by atoms with E-state index in [0.717, 1.165) is 81.6 Å². The van der Waals surface area contributed by atoms with E-state index in [0.29, 0.717) is 6.42 Å². The van der Waals surface area contributed by atoms with Crippen molar-refractivity contribution in [2.24, 2.45) is 0 Å². The summed E-state index contributed by atoms with van der Waals surface area (Å²) in [6.07, 6.45) is 3.79. The molecule has 1 fully saturated rings. The van der Waals surface area contributed by atoms with Gasteiger partial charge in [0.25, 0.3) is 0 Å². The Morgan fingerprint density at radius 3 is 2.62 bits per heavy atom. The molecular formula is C31H31N5O. The van der Waals surface area contributed by atoms with Gasteiger partial charge in [0.15, 0.2) is 5.78 Å². The van der Waals surface area contributed by atoms with Crippen LogP contribution >= 0.6 is 0 Å². The third kappa shape index (κ3) is 4.60. The molecule has 1 N–H and O–H groups in total. The standard InChI is InChI=1S/C31H31N5O/c1-20-12-24(16-25(13-20)36-10-8-35(3)9-11-36)30(37)15-22-5-4-21(2)27(14-22)23-6-7-26-28-18-32-19-33-31(28)34-29(26)17-23/h4-7,12-14,16-19H,8-11,15H2,1-3H3,(H,32,33,34). The zero-order valence-corrected chi connectivity index (χ0v) is 21.6. The number of carbonyl (C=O) groups excluding carboxylic acids is 1. The second-order valence-corrected chi connectivity index (χ2v) is 10.3. The quantitative estimate of drug-likeness (QED) is 0.327. The number of anilines is 1. The predicted octanol–water partition coefficient (Wildman–Crippen LogP) is 5.57. The van der Waals surface area contributed by atoms with Crippen molar-refractivity contribution >= 4 is 33.4 Å². The Balaban J connectivity index is 1.27. The van der Waals surface area contributed by atoms with Crippen LogP contribution in [0.15, 0.2) is 67.1 Å². The van der Waals surface area contributed by atoms with Gasteiger partial charge in [-0.3, -0.25) is 4.79 Å². The van der Waals surface area contributed by atoms with E-state index in [2.05, 4.69) is 94.2 Å². The Hall–Kier alpha value is -4.03. The normalized spacial score (nSPS) is 14.5. The maximum absolute atomic E-state index is 13.4. The van der Waals surface area contributed by atoms with E-state index in [1.165, 1.54) is 5.56 Å². The molecule has 0 spiro atoms. The fourth-order valence-electron chi connectivity index (χ4n) is 5.35. The number of hydrogen-bond acceptors (Lipinski definition) is 5. The molecule has 1 aliphatic rings. The summed E-state index contributed by atoms with van der Waals surface area (Å²) in [4.78, 5) is 30.1. The molecule has 6 rings (SSSR count). The van der Waals surface area contributed by atoms with Gasteiger partial charge in [-0.05, 0) is 73.0 Å². The number of H-pyrrole nitrogens is 1. The summed E-state index contributed by atoms with van der Waals surface area (Å²) in [7, 11) is 2.16. The Morgan fingerprint density at radius 2 is 1.78 bits per heavy atom. The largest absolute Gasteiger partial charge is 0.369 e. The number of piperazine rings is 1. The molecule has 0 atom stereocenters. The van der Waals surface area contributed by atoms with Crippen LogP contribution < -0.4 is 4.90 Å². The molecule has 6 heteroatoms. The molecule has 186 valence electrons. The molecule has 1 saturated heterocycles. The summed E-state index contributed by atoms with van der Waals surface area (Å²) in [6, 6.07) is 19.1. The lowest BCUT2D eigenvalue weighted by Crippen LogP contribution is -2.44. The number of fused-ring (bicyclic) bond motifs is 3. The highest BCUT2D eigenvalue weighted by molar-refractivity contribution is 6.06. The average Bonchev–Trinajstić information content (AvgIpc) is 3.27. The minimum atomic E-state index is 0.151. The van der Waals surface area contributed by atoms with Gasteiger partial charge in [-0.25, -0.2) is 9.97 Å². The number of aromatic amines is 1. The van der Waals surface area contributed by atoms with E-state index in [1.54, 1.807) is 6.33 Å². The third-order valence-electron chi connectivity index (χ3n) is 7.51. The highest BCUT2D eigenvalue weighted by Gasteiger charge is 2.17. The number of likely N-dealkylation sites (N-methyl/N-ethyl adjacent to an activating group) is 1. The summed E-state index contributed by atoms with van der Waals surface area (Å²) in [6.45, 7) is 8.25. The summed E-state index contributed by atoms with van der Waals surface area (Å²) >= 11 is 0. The fourth-order valence-corrected chi connectivity index (χ4v) is 5.35. The first kappa shape index (κ1) is 23.4. The fraction of sp³-hybridized carbons (Fsp3) is 0.258. The first-order chi connectivity index (χ1) is 17.9. The van der Waals surface area contributed by atoms with E-state index in [-0.39, 0.29) is 5.78 Å². The number of Topliss-reactive ketones (excluding diaryl/α,β-unsaturated/α-hetero) is 1. The van der Waals surface area contributed by atoms with Crippen LogP contribution in [0.2, 0.25) is 0 Å². The van der Waals surface area contributed by atoms with E-state index in [1.807, 2.05) is 12.3 Å². The molecule has 0 radical (unpaired) electrons. The molecule has 0 saturated carbocycles. The van der Waals surface area contributed by atoms with E-state index in [4.69, 9.17) is 0 Å². The summed E-state index contributed by atoms with van der Waals surface area (Å²) in [5.41, 5.74) is 9.40.